The summed E-state index contributed by atoms with van der Waals surface area (Å²) in [6.07, 6.45) is 19.3. The van der Waals surface area contributed by atoms with Crippen molar-refractivity contribution in [2.75, 3.05) is 26.4 Å². The van der Waals surface area contributed by atoms with Crippen molar-refractivity contribution in [2.24, 2.45) is 5.92 Å². The second-order valence-electron chi connectivity index (χ2n) is 9.46. The SMILES string of the molecule is CCCCOCC(COCCCCCCCCCCCCCCCC(C)C)OP(=O)([O-])[O-].[Na+].[Na+]. The normalized spacial score (nSPS) is 12.4. The molecule has 0 rings (SSSR count). The molecule has 9 heteroatoms. The summed E-state index contributed by atoms with van der Waals surface area (Å²) in [6.45, 7) is 7.86. The van der Waals surface area contributed by atoms with E-state index in [1.54, 1.807) is 0 Å². The molecule has 194 valence electrons. The zero-order valence-electron chi connectivity index (χ0n) is 23.2. The van der Waals surface area contributed by atoms with Gasteiger partial charge in [-0.3, -0.25) is 0 Å². The summed E-state index contributed by atoms with van der Waals surface area (Å²) in [5.74, 6) is 0.848. The molecule has 6 nitrogen and oxygen atoms in total. The fraction of sp³-hybridized carbons (Fsp3) is 1.00. The van der Waals surface area contributed by atoms with Crippen molar-refractivity contribution < 1.29 is 87.5 Å². The predicted octanol–water partition coefficient (Wildman–Crippen LogP) is 0.159. The maximum Gasteiger partial charge on any atom is 1.00 e. The van der Waals surface area contributed by atoms with E-state index in [9.17, 15) is 14.4 Å². The molecule has 0 heterocycles. The van der Waals surface area contributed by atoms with Crippen molar-refractivity contribution in [1.29, 1.82) is 0 Å². The van der Waals surface area contributed by atoms with E-state index in [1.165, 1.54) is 77.0 Å². The van der Waals surface area contributed by atoms with Gasteiger partial charge in [-0.15, -0.1) is 0 Å². The third kappa shape index (κ3) is 34.0. The van der Waals surface area contributed by atoms with Gasteiger partial charge in [0.1, 0.15) is 6.10 Å². The number of phosphoric ester groups is 1. The Morgan fingerprint density at radius 3 is 1.41 bits per heavy atom. The minimum Gasteiger partial charge on any atom is -0.790 e. The summed E-state index contributed by atoms with van der Waals surface area (Å²) in [5, 5.41) is 0. The summed E-state index contributed by atoms with van der Waals surface area (Å²) in [5.41, 5.74) is 0. The smallest absolute Gasteiger partial charge is 0.790 e. The first kappa shape index (κ1) is 40.5. The average Bonchev–Trinajstić information content (AvgIpc) is 2.72. The Morgan fingerprint density at radius 1 is 0.647 bits per heavy atom. The maximum atomic E-state index is 10.9. The van der Waals surface area contributed by atoms with E-state index < -0.39 is 13.9 Å². The van der Waals surface area contributed by atoms with Crippen LogP contribution in [0.15, 0.2) is 0 Å². The van der Waals surface area contributed by atoms with Crippen LogP contribution in [-0.2, 0) is 18.6 Å². The van der Waals surface area contributed by atoms with E-state index in [0.717, 1.165) is 31.6 Å². The molecule has 0 aliphatic heterocycles. The molecular weight excluding hydrogens is 473 g/mol. The maximum absolute atomic E-state index is 10.9. The van der Waals surface area contributed by atoms with Gasteiger partial charge >= 0.3 is 59.1 Å². The molecule has 0 aliphatic rings. The number of unbranched alkanes of at least 4 members (excludes halogenated alkanes) is 13. The number of hydrogen-bond donors (Lipinski definition) is 0. The third-order valence-corrected chi connectivity index (χ3v) is 6.15. The Labute approximate surface area is 255 Å². The molecule has 1 atom stereocenters. The first-order valence-electron chi connectivity index (χ1n) is 13.2. The Balaban J connectivity index is -0.00000480. The molecule has 0 saturated heterocycles. The van der Waals surface area contributed by atoms with Crippen molar-refractivity contribution in [3.63, 3.8) is 0 Å². The van der Waals surface area contributed by atoms with Gasteiger partial charge in [0.15, 0.2) is 0 Å². The van der Waals surface area contributed by atoms with Crippen LogP contribution in [0.1, 0.15) is 124 Å². The fourth-order valence-corrected chi connectivity index (χ4v) is 4.16. The van der Waals surface area contributed by atoms with Gasteiger partial charge in [0.05, 0.1) is 21.0 Å². The molecule has 1 unspecified atom stereocenters. The molecule has 0 aromatic carbocycles. The summed E-state index contributed by atoms with van der Waals surface area (Å²) in [6, 6.07) is 0. The molecule has 0 fully saturated rings. The molecule has 0 spiro atoms. The predicted molar refractivity (Wildman–Crippen MR) is 129 cm³/mol. The van der Waals surface area contributed by atoms with Crippen molar-refractivity contribution in [3.05, 3.63) is 0 Å². The van der Waals surface area contributed by atoms with Gasteiger partial charge in [0.2, 0.25) is 0 Å². The minimum absolute atomic E-state index is 0. The largest absolute Gasteiger partial charge is 1.00 e. The molecule has 0 aliphatic carbocycles. The van der Waals surface area contributed by atoms with E-state index in [-0.39, 0.29) is 72.3 Å². The van der Waals surface area contributed by atoms with Crippen LogP contribution < -0.4 is 68.9 Å². The fourth-order valence-electron chi connectivity index (χ4n) is 3.67. The van der Waals surface area contributed by atoms with Crippen LogP contribution in [0.5, 0.6) is 0 Å². The van der Waals surface area contributed by atoms with Gasteiger partial charge < -0.3 is 28.3 Å². The molecule has 0 saturated carbocycles. The molecule has 0 radical (unpaired) electrons. The summed E-state index contributed by atoms with van der Waals surface area (Å²) in [7, 11) is -5.03. The van der Waals surface area contributed by atoms with E-state index in [2.05, 4.69) is 18.4 Å². The van der Waals surface area contributed by atoms with Crippen molar-refractivity contribution in [1.82, 2.24) is 0 Å². The van der Waals surface area contributed by atoms with Crippen LogP contribution in [0.2, 0.25) is 0 Å². The van der Waals surface area contributed by atoms with Gasteiger partial charge in [-0.05, 0) is 18.8 Å². The second-order valence-corrected chi connectivity index (χ2v) is 10.6. The van der Waals surface area contributed by atoms with Crippen molar-refractivity contribution in [2.45, 2.75) is 130 Å². The van der Waals surface area contributed by atoms with E-state index in [0.29, 0.717) is 13.2 Å². The molecular formula is C25H51Na2O6P. The number of hydrogen-bond acceptors (Lipinski definition) is 6. The first-order valence-corrected chi connectivity index (χ1v) is 14.7. The van der Waals surface area contributed by atoms with Gasteiger partial charge in [0.25, 0.3) is 0 Å². The number of phosphoric acid groups is 1. The van der Waals surface area contributed by atoms with Crippen molar-refractivity contribution >= 4 is 7.82 Å². The second kappa shape index (κ2) is 29.6. The van der Waals surface area contributed by atoms with Crippen LogP contribution in [0, 0.1) is 5.92 Å². The molecule has 34 heavy (non-hydrogen) atoms. The van der Waals surface area contributed by atoms with Gasteiger partial charge in [-0.1, -0.05) is 111 Å². The summed E-state index contributed by atoms with van der Waals surface area (Å²) >= 11 is 0. The Bertz CT molecular complexity index is 438. The van der Waals surface area contributed by atoms with Crippen LogP contribution in [0.3, 0.4) is 0 Å². The Hall–Kier alpha value is 2.03. The average molecular weight is 525 g/mol. The Morgan fingerprint density at radius 2 is 1.03 bits per heavy atom. The quantitative estimate of drug-likeness (QED) is 0.0960. The standard InChI is InChI=1S/C25H53O6P.2Na/c1-4-5-20-29-22-25(31-32(26,27)28)23-30-21-18-16-14-12-10-8-6-7-9-11-13-15-17-19-24(2)3;;/h24-25H,4-23H2,1-3H3,(H2,26,27,28);;/q;2*+1/p-2. The monoisotopic (exact) mass is 524 g/mol. The first-order chi connectivity index (χ1) is 15.3. The van der Waals surface area contributed by atoms with Crippen LogP contribution in [0.25, 0.3) is 0 Å². The molecule has 0 aromatic heterocycles. The van der Waals surface area contributed by atoms with E-state index in [1.807, 2.05) is 6.92 Å². The van der Waals surface area contributed by atoms with Crippen molar-refractivity contribution in [3.8, 4) is 0 Å². The molecule has 0 bridgehead atoms. The van der Waals surface area contributed by atoms with E-state index in [4.69, 9.17) is 9.47 Å². The summed E-state index contributed by atoms with van der Waals surface area (Å²) in [4.78, 5) is 21.7. The van der Waals surface area contributed by atoms with Gasteiger partial charge in [0, 0.05) is 13.2 Å². The van der Waals surface area contributed by atoms with Crippen LogP contribution >= 0.6 is 7.82 Å². The molecule has 0 N–H and O–H groups in total. The summed E-state index contributed by atoms with van der Waals surface area (Å²) < 4.78 is 26.3. The van der Waals surface area contributed by atoms with Gasteiger partial charge in [-0.25, -0.2) is 0 Å². The van der Waals surface area contributed by atoms with Crippen LogP contribution in [-0.4, -0.2) is 32.5 Å². The zero-order chi connectivity index (χ0) is 23.9. The zero-order valence-corrected chi connectivity index (χ0v) is 28.1. The Kier molecular flexibility index (Phi) is 35.3. The van der Waals surface area contributed by atoms with E-state index >= 15 is 0 Å². The minimum atomic E-state index is -5.03. The third-order valence-electron chi connectivity index (χ3n) is 5.60. The van der Waals surface area contributed by atoms with Crippen LogP contribution in [0.4, 0.5) is 0 Å². The molecule has 0 amide bonds. The molecule has 0 aromatic rings. The number of ether oxygens (including phenoxy) is 2. The number of rotatable bonds is 25. The topological polar surface area (TPSA) is 90.9 Å². The van der Waals surface area contributed by atoms with Gasteiger partial charge in [-0.2, -0.15) is 0 Å².